The predicted octanol–water partition coefficient (Wildman–Crippen LogP) is 4.05. The molecule has 0 fully saturated rings. The van der Waals surface area contributed by atoms with Gasteiger partial charge in [0.2, 0.25) is 0 Å². The van der Waals surface area contributed by atoms with Crippen molar-refractivity contribution < 1.29 is 14.3 Å². The third-order valence-corrected chi connectivity index (χ3v) is 3.17. The first-order valence-electron chi connectivity index (χ1n) is 7.59. The van der Waals surface area contributed by atoms with Crippen LogP contribution in [-0.4, -0.2) is 18.6 Å². The van der Waals surface area contributed by atoms with Gasteiger partial charge in [0.05, 0.1) is 0 Å². The summed E-state index contributed by atoms with van der Waals surface area (Å²) in [6.07, 6.45) is 1.73. The van der Waals surface area contributed by atoms with E-state index < -0.39 is 6.10 Å². The molecule has 0 aliphatic carbocycles. The van der Waals surface area contributed by atoms with Crippen LogP contribution in [0.4, 0.5) is 5.69 Å². The molecule has 0 aliphatic heterocycles. The molecular weight excluding hydrogens is 290 g/mol. The maximum atomic E-state index is 12.3. The second kappa shape index (κ2) is 8.63. The molecule has 0 heterocycles. The van der Waals surface area contributed by atoms with Crippen LogP contribution in [0.3, 0.4) is 0 Å². The number of para-hydroxylation sites is 1. The Labute approximate surface area is 136 Å². The molecule has 2 aromatic carbocycles. The molecule has 0 radical (unpaired) electrons. The Morgan fingerprint density at radius 3 is 2.43 bits per heavy atom. The fourth-order valence-corrected chi connectivity index (χ4v) is 2.00. The van der Waals surface area contributed by atoms with Gasteiger partial charge in [0, 0.05) is 5.69 Å². The van der Waals surface area contributed by atoms with Crippen LogP contribution in [0.2, 0.25) is 0 Å². The Bertz CT molecular complexity index is 623. The SMILES string of the molecule is C=CCOc1ccc(NC(=O)C(CC)Oc2ccccc2)cc1. The van der Waals surface area contributed by atoms with E-state index in [0.717, 1.165) is 5.75 Å². The zero-order chi connectivity index (χ0) is 16.5. The van der Waals surface area contributed by atoms with Gasteiger partial charge in [-0.2, -0.15) is 0 Å². The number of carbonyl (C=O) groups is 1. The first-order chi connectivity index (χ1) is 11.2. The molecule has 0 saturated heterocycles. The van der Waals surface area contributed by atoms with E-state index in [1.54, 1.807) is 30.3 Å². The van der Waals surface area contributed by atoms with Gasteiger partial charge in [-0.3, -0.25) is 4.79 Å². The number of rotatable bonds is 8. The summed E-state index contributed by atoms with van der Waals surface area (Å²) in [5, 5.41) is 2.86. The van der Waals surface area contributed by atoms with E-state index in [4.69, 9.17) is 9.47 Å². The number of hydrogen-bond acceptors (Lipinski definition) is 3. The Morgan fingerprint density at radius 1 is 1.13 bits per heavy atom. The minimum Gasteiger partial charge on any atom is -0.490 e. The molecule has 120 valence electrons. The van der Waals surface area contributed by atoms with Crippen molar-refractivity contribution in [3.05, 3.63) is 67.3 Å². The lowest BCUT2D eigenvalue weighted by Gasteiger charge is -2.17. The second-order valence-corrected chi connectivity index (χ2v) is 4.94. The van der Waals surface area contributed by atoms with E-state index in [-0.39, 0.29) is 5.91 Å². The average Bonchev–Trinajstić information content (AvgIpc) is 2.60. The van der Waals surface area contributed by atoms with Gasteiger partial charge in [-0.25, -0.2) is 0 Å². The number of hydrogen-bond donors (Lipinski definition) is 1. The molecule has 0 spiro atoms. The van der Waals surface area contributed by atoms with Crippen molar-refractivity contribution in [2.75, 3.05) is 11.9 Å². The highest BCUT2D eigenvalue weighted by Gasteiger charge is 2.18. The summed E-state index contributed by atoms with van der Waals surface area (Å²) in [7, 11) is 0. The lowest BCUT2D eigenvalue weighted by atomic mass is 10.2. The molecule has 0 bridgehead atoms. The fraction of sp³-hybridized carbons (Fsp3) is 0.211. The minimum absolute atomic E-state index is 0.170. The molecule has 1 unspecified atom stereocenters. The highest BCUT2D eigenvalue weighted by Crippen LogP contribution is 2.17. The van der Waals surface area contributed by atoms with E-state index >= 15 is 0 Å². The standard InChI is InChI=1S/C19H21NO3/c1-3-14-22-16-12-10-15(11-13-16)20-19(21)18(4-2)23-17-8-6-5-7-9-17/h3,5-13,18H,1,4,14H2,2H3,(H,20,21). The molecule has 0 saturated carbocycles. The maximum absolute atomic E-state index is 12.3. The highest BCUT2D eigenvalue weighted by molar-refractivity contribution is 5.94. The average molecular weight is 311 g/mol. The normalized spacial score (nSPS) is 11.3. The van der Waals surface area contributed by atoms with Crippen LogP contribution in [0.5, 0.6) is 11.5 Å². The van der Waals surface area contributed by atoms with Gasteiger partial charge in [-0.05, 0) is 42.8 Å². The zero-order valence-electron chi connectivity index (χ0n) is 13.2. The molecule has 0 aliphatic rings. The molecule has 4 heteroatoms. The minimum atomic E-state index is -0.533. The first-order valence-corrected chi connectivity index (χ1v) is 7.59. The summed E-state index contributed by atoms with van der Waals surface area (Å²) < 4.78 is 11.1. The van der Waals surface area contributed by atoms with E-state index in [9.17, 15) is 4.79 Å². The Hall–Kier alpha value is -2.75. The molecular formula is C19H21NO3. The summed E-state index contributed by atoms with van der Waals surface area (Å²) in [6, 6.07) is 16.5. The number of anilines is 1. The van der Waals surface area contributed by atoms with Gasteiger partial charge in [0.25, 0.3) is 5.91 Å². The van der Waals surface area contributed by atoms with Crippen molar-refractivity contribution in [2.45, 2.75) is 19.4 Å². The van der Waals surface area contributed by atoms with Crippen LogP contribution in [0, 0.1) is 0 Å². The number of ether oxygens (including phenoxy) is 2. The second-order valence-electron chi connectivity index (χ2n) is 4.94. The van der Waals surface area contributed by atoms with Gasteiger partial charge >= 0.3 is 0 Å². The van der Waals surface area contributed by atoms with Gasteiger partial charge in [-0.1, -0.05) is 37.8 Å². The van der Waals surface area contributed by atoms with E-state index in [0.29, 0.717) is 24.5 Å². The first kappa shape index (κ1) is 16.6. The van der Waals surface area contributed by atoms with E-state index in [2.05, 4.69) is 11.9 Å². The molecule has 4 nitrogen and oxygen atoms in total. The van der Waals surface area contributed by atoms with Crippen molar-refractivity contribution in [1.29, 1.82) is 0 Å². The number of carbonyl (C=O) groups excluding carboxylic acids is 1. The Balaban J connectivity index is 1.94. The number of benzene rings is 2. The van der Waals surface area contributed by atoms with Gasteiger partial charge < -0.3 is 14.8 Å². The van der Waals surface area contributed by atoms with Crippen LogP contribution in [0.25, 0.3) is 0 Å². The maximum Gasteiger partial charge on any atom is 0.265 e. The van der Waals surface area contributed by atoms with Crippen LogP contribution in [0.15, 0.2) is 67.3 Å². The zero-order valence-corrected chi connectivity index (χ0v) is 13.2. The molecule has 1 N–H and O–H groups in total. The van der Waals surface area contributed by atoms with Crippen LogP contribution in [-0.2, 0) is 4.79 Å². The van der Waals surface area contributed by atoms with Crippen molar-refractivity contribution in [1.82, 2.24) is 0 Å². The van der Waals surface area contributed by atoms with Gasteiger partial charge in [0.15, 0.2) is 6.10 Å². The molecule has 0 aromatic heterocycles. The van der Waals surface area contributed by atoms with E-state index in [1.807, 2.05) is 37.3 Å². The topological polar surface area (TPSA) is 47.6 Å². The third-order valence-electron chi connectivity index (χ3n) is 3.17. The lowest BCUT2D eigenvalue weighted by Crippen LogP contribution is -2.32. The van der Waals surface area contributed by atoms with E-state index in [1.165, 1.54) is 0 Å². The Morgan fingerprint density at radius 2 is 1.83 bits per heavy atom. The summed E-state index contributed by atoms with van der Waals surface area (Å²) in [6.45, 7) is 5.97. The van der Waals surface area contributed by atoms with Gasteiger partial charge in [-0.15, -0.1) is 0 Å². The summed E-state index contributed by atoms with van der Waals surface area (Å²) in [4.78, 5) is 12.3. The molecule has 1 amide bonds. The molecule has 23 heavy (non-hydrogen) atoms. The number of amides is 1. The van der Waals surface area contributed by atoms with Crippen molar-refractivity contribution in [3.63, 3.8) is 0 Å². The molecule has 1 atom stereocenters. The van der Waals surface area contributed by atoms with Crippen LogP contribution in [0.1, 0.15) is 13.3 Å². The van der Waals surface area contributed by atoms with Crippen molar-refractivity contribution in [2.24, 2.45) is 0 Å². The predicted molar refractivity (Wildman–Crippen MR) is 91.9 cm³/mol. The Kier molecular flexibility index (Phi) is 6.24. The lowest BCUT2D eigenvalue weighted by molar-refractivity contribution is -0.122. The van der Waals surface area contributed by atoms with Crippen molar-refractivity contribution in [3.8, 4) is 11.5 Å². The largest absolute Gasteiger partial charge is 0.490 e. The van der Waals surface area contributed by atoms with Crippen LogP contribution < -0.4 is 14.8 Å². The monoisotopic (exact) mass is 311 g/mol. The number of nitrogens with one attached hydrogen (secondary N) is 1. The van der Waals surface area contributed by atoms with Crippen molar-refractivity contribution >= 4 is 11.6 Å². The quantitative estimate of drug-likeness (QED) is 0.748. The molecule has 2 aromatic rings. The van der Waals surface area contributed by atoms with Gasteiger partial charge in [0.1, 0.15) is 18.1 Å². The summed E-state index contributed by atoms with van der Waals surface area (Å²) in [5.41, 5.74) is 0.705. The summed E-state index contributed by atoms with van der Waals surface area (Å²) in [5.74, 6) is 1.24. The molecule has 2 rings (SSSR count). The van der Waals surface area contributed by atoms with Crippen LogP contribution >= 0.6 is 0 Å². The smallest absolute Gasteiger partial charge is 0.265 e. The third kappa shape index (κ3) is 5.18. The summed E-state index contributed by atoms with van der Waals surface area (Å²) >= 11 is 0. The highest BCUT2D eigenvalue weighted by atomic mass is 16.5. The fourth-order valence-electron chi connectivity index (χ4n) is 2.00.